The van der Waals surface area contributed by atoms with Crippen molar-refractivity contribution >= 4 is 18.3 Å². The summed E-state index contributed by atoms with van der Waals surface area (Å²) in [5.41, 5.74) is 6.94. The van der Waals surface area contributed by atoms with Crippen LogP contribution in [0.2, 0.25) is 0 Å². The molecule has 3 nitrogen and oxygen atoms in total. The van der Waals surface area contributed by atoms with Gasteiger partial charge in [0.1, 0.15) is 0 Å². The molecule has 0 radical (unpaired) electrons. The molecule has 0 bridgehead atoms. The van der Waals surface area contributed by atoms with Crippen molar-refractivity contribution in [2.24, 2.45) is 5.73 Å². The van der Waals surface area contributed by atoms with E-state index in [2.05, 4.69) is 12.1 Å². The highest BCUT2D eigenvalue weighted by Crippen LogP contribution is 2.45. The largest absolute Gasteiger partial charge is 0.340 e. The van der Waals surface area contributed by atoms with Gasteiger partial charge in [-0.3, -0.25) is 4.79 Å². The third kappa shape index (κ3) is 2.57. The summed E-state index contributed by atoms with van der Waals surface area (Å²) in [5, 5.41) is 0. The molecule has 1 unspecified atom stereocenters. The van der Waals surface area contributed by atoms with Gasteiger partial charge >= 0.3 is 0 Å². The second-order valence-electron chi connectivity index (χ2n) is 5.96. The van der Waals surface area contributed by atoms with Crippen molar-refractivity contribution in [1.82, 2.24) is 4.90 Å². The Labute approximate surface area is 126 Å². The lowest BCUT2D eigenvalue weighted by Gasteiger charge is -2.45. The van der Waals surface area contributed by atoms with Crippen LogP contribution in [0.1, 0.15) is 37.7 Å². The van der Waals surface area contributed by atoms with Gasteiger partial charge in [0.25, 0.3) is 0 Å². The Morgan fingerprint density at radius 1 is 1.20 bits per heavy atom. The average Bonchev–Trinajstić information content (AvgIpc) is 2.38. The summed E-state index contributed by atoms with van der Waals surface area (Å²) in [6, 6.07) is 10.4. The molecule has 1 heterocycles. The van der Waals surface area contributed by atoms with Gasteiger partial charge in [-0.1, -0.05) is 36.8 Å². The van der Waals surface area contributed by atoms with Crippen molar-refractivity contribution in [3.63, 3.8) is 0 Å². The summed E-state index contributed by atoms with van der Waals surface area (Å²) < 4.78 is 0. The zero-order chi connectivity index (χ0) is 13.3. The molecule has 2 fully saturated rings. The SMILES string of the molecule is Cl.NC1CCCN(C(=O)C2(c3ccccc3)CCC2)C1. The summed E-state index contributed by atoms with van der Waals surface area (Å²) in [6.07, 6.45) is 5.21. The van der Waals surface area contributed by atoms with Crippen LogP contribution in [0.3, 0.4) is 0 Å². The second-order valence-corrected chi connectivity index (χ2v) is 5.96. The fourth-order valence-corrected chi connectivity index (χ4v) is 3.41. The Morgan fingerprint density at radius 2 is 1.90 bits per heavy atom. The molecule has 1 saturated heterocycles. The Hall–Kier alpha value is -1.06. The van der Waals surface area contributed by atoms with Gasteiger partial charge in [0.2, 0.25) is 5.91 Å². The lowest BCUT2D eigenvalue weighted by atomic mass is 9.63. The van der Waals surface area contributed by atoms with Crippen LogP contribution >= 0.6 is 12.4 Å². The van der Waals surface area contributed by atoms with Crippen molar-refractivity contribution in [2.45, 2.75) is 43.6 Å². The Kier molecular flexibility index (Phi) is 4.71. The molecule has 0 aromatic heterocycles. The summed E-state index contributed by atoms with van der Waals surface area (Å²) in [6.45, 7) is 1.61. The van der Waals surface area contributed by atoms with Crippen LogP contribution in [-0.4, -0.2) is 29.9 Å². The zero-order valence-corrected chi connectivity index (χ0v) is 12.6. The summed E-state index contributed by atoms with van der Waals surface area (Å²) in [7, 11) is 0. The molecule has 1 saturated carbocycles. The minimum Gasteiger partial charge on any atom is -0.340 e. The topological polar surface area (TPSA) is 46.3 Å². The number of rotatable bonds is 2. The molecular weight excluding hydrogens is 272 g/mol. The van der Waals surface area contributed by atoms with Crippen molar-refractivity contribution in [3.05, 3.63) is 35.9 Å². The van der Waals surface area contributed by atoms with Gasteiger partial charge in [0, 0.05) is 19.1 Å². The van der Waals surface area contributed by atoms with Crippen molar-refractivity contribution < 1.29 is 4.79 Å². The van der Waals surface area contributed by atoms with Gasteiger partial charge in [0.05, 0.1) is 5.41 Å². The number of hydrogen-bond acceptors (Lipinski definition) is 2. The number of piperidine rings is 1. The third-order valence-electron chi connectivity index (χ3n) is 4.69. The highest BCUT2D eigenvalue weighted by molar-refractivity contribution is 5.89. The van der Waals surface area contributed by atoms with E-state index in [1.807, 2.05) is 23.1 Å². The minimum absolute atomic E-state index is 0. The van der Waals surface area contributed by atoms with E-state index in [0.717, 1.165) is 45.2 Å². The summed E-state index contributed by atoms with van der Waals surface area (Å²) in [5.74, 6) is 0.306. The van der Waals surface area contributed by atoms with E-state index in [-0.39, 0.29) is 23.9 Å². The molecular formula is C16H23ClN2O. The number of hydrogen-bond donors (Lipinski definition) is 1. The lowest BCUT2D eigenvalue weighted by Crippen LogP contribution is -2.55. The first-order valence-electron chi connectivity index (χ1n) is 7.33. The van der Waals surface area contributed by atoms with Crippen molar-refractivity contribution in [2.75, 3.05) is 13.1 Å². The van der Waals surface area contributed by atoms with Crippen LogP contribution in [0.5, 0.6) is 0 Å². The predicted octanol–water partition coefficient (Wildman–Crippen LogP) is 2.48. The molecule has 1 aromatic carbocycles. The van der Waals surface area contributed by atoms with E-state index in [0.29, 0.717) is 5.91 Å². The minimum atomic E-state index is -0.252. The van der Waals surface area contributed by atoms with Crippen LogP contribution < -0.4 is 5.73 Å². The molecule has 3 rings (SSSR count). The van der Waals surface area contributed by atoms with Crippen molar-refractivity contribution in [1.29, 1.82) is 0 Å². The van der Waals surface area contributed by atoms with Gasteiger partial charge < -0.3 is 10.6 Å². The number of likely N-dealkylation sites (tertiary alicyclic amines) is 1. The van der Waals surface area contributed by atoms with E-state index in [4.69, 9.17) is 5.73 Å². The summed E-state index contributed by atoms with van der Waals surface area (Å²) >= 11 is 0. The third-order valence-corrected chi connectivity index (χ3v) is 4.69. The van der Waals surface area contributed by atoms with Crippen LogP contribution in [0.15, 0.2) is 30.3 Å². The van der Waals surface area contributed by atoms with Gasteiger partial charge in [-0.25, -0.2) is 0 Å². The zero-order valence-electron chi connectivity index (χ0n) is 11.8. The molecule has 4 heteroatoms. The summed E-state index contributed by atoms with van der Waals surface area (Å²) in [4.78, 5) is 14.9. The molecule has 1 aliphatic heterocycles. The van der Waals surface area contributed by atoms with E-state index < -0.39 is 0 Å². The maximum Gasteiger partial charge on any atom is 0.233 e. The van der Waals surface area contributed by atoms with Crippen LogP contribution in [-0.2, 0) is 10.2 Å². The quantitative estimate of drug-likeness (QED) is 0.911. The first-order valence-corrected chi connectivity index (χ1v) is 7.33. The number of halogens is 1. The number of carbonyl (C=O) groups is 1. The monoisotopic (exact) mass is 294 g/mol. The smallest absolute Gasteiger partial charge is 0.233 e. The predicted molar refractivity (Wildman–Crippen MR) is 83.0 cm³/mol. The average molecular weight is 295 g/mol. The molecule has 1 amide bonds. The molecule has 2 N–H and O–H groups in total. The molecule has 1 atom stereocenters. The van der Waals surface area contributed by atoms with E-state index in [1.54, 1.807) is 0 Å². The van der Waals surface area contributed by atoms with Gasteiger partial charge in [-0.05, 0) is 31.2 Å². The number of nitrogens with zero attached hydrogens (tertiary/aromatic N) is 1. The fourth-order valence-electron chi connectivity index (χ4n) is 3.41. The Morgan fingerprint density at radius 3 is 2.45 bits per heavy atom. The molecule has 1 aromatic rings. The van der Waals surface area contributed by atoms with Gasteiger partial charge in [0.15, 0.2) is 0 Å². The number of benzene rings is 1. The maximum atomic E-state index is 12.9. The number of carbonyl (C=O) groups excluding carboxylic acids is 1. The number of amides is 1. The molecule has 2 aliphatic rings. The van der Waals surface area contributed by atoms with E-state index in [9.17, 15) is 4.79 Å². The highest BCUT2D eigenvalue weighted by atomic mass is 35.5. The van der Waals surface area contributed by atoms with Gasteiger partial charge in [-0.15, -0.1) is 12.4 Å². The first kappa shape index (κ1) is 15.3. The molecule has 20 heavy (non-hydrogen) atoms. The fraction of sp³-hybridized carbons (Fsp3) is 0.562. The molecule has 0 spiro atoms. The van der Waals surface area contributed by atoms with Gasteiger partial charge in [-0.2, -0.15) is 0 Å². The molecule has 110 valence electrons. The first-order chi connectivity index (χ1) is 9.22. The normalized spacial score (nSPS) is 24.4. The molecule has 1 aliphatic carbocycles. The Balaban J connectivity index is 0.00000147. The van der Waals surface area contributed by atoms with Crippen molar-refractivity contribution in [3.8, 4) is 0 Å². The standard InChI is InChI=1S/C16H22N2O.ClH/c17-14-8-4-11-18(12-14)15(19)16(9-5-10-16)13-6-2-1-3-7-13;/h1-3,6-7,14H,4-5,8-12,17H2;1H. The van der Waals surface area contributed by atoms with Crippen LogP contribution in [0, 0.1) is 0 Å². The highest BCUT2D eigenvalue weighted by Gasteiger charge is 2.47. The van der Waals surface area contributed by atoms with Crippen LogP contribution in [0.4, 0.5) is 0 Å². The second kappa shape index (κ2) is 6.15. The number of nitrogens with two attached hydrogens (primary N) is 1. The van der Waals surface area contributed by atoms with Crippen LogP contribution in [0.25, 0.3) is 0 Å². The maximum absolute atomic E-state index is 12.9. The van der Waals surface area contributed by atoms with E-state index in [1.165, 1.54) is 5.56 Å². The Bertz CT molecular complexity index is 459. The lowest BCUT2D eigenvalue weighted by molar-refractivity contribution is -0.142. The van der Waals surface area contributed by atoms with E-state index >= 15 is 0 Å².